The smallest absolute Gasteiger partial charge is 0.269 e. The fourth-order valence-electron chi connectivity index (χ4n) is 1.71. The van der Waals surface area contributed by atoms with Crippen LogP contribution >= 0.6 is 15.9 Å². The Hall–Kier alpha value is -2.28. The minimum absolute atomic E-state index is 0.0352. The van der Waals surface area contributed by atoms with Crippen molar-refractivity contribution >= 4 is 33.2 Å². The number of amides is 1. The van der Waals surface area contributed by atoms with Gasteiger partial charge in [-0.15, -0.1) is 0 Å². The zero-order chi connectivity index (χ0) is 15.4. The van der Waals surface area contributed by atoms with Gasteiger partial charge < -0.3 is 5.32 Å². The van der Waals surface area contributed by atoms with Gasteiger partial charge in [-0.05, 0) is 39.7 Å². The van der Waals surface area contributed by atoms with Gasteiger partial charge in [0, 0.05) is 16.6 Å². The summed E-state index contributed by atoms with van der Waals surface area (Å²) in [5.74, 6) is -0.793. The zero-order valence-corrected chi connectivity index (χ0v) is 12.3. The molecular weight excluding hydrogens is 343 g/mol. The lowest BCUT2D eigenvalue weighted by atomic mass is 10.1. The van der Waals surface area contributed by atoms with E-state index >= 15 is 0 Å². The monoisotopic (exact) mass is 352 g/mol. The summed E-state index contributed by atoms with van der Waals surface area (Å²) in [6.45, 7) is 0. The van der Waals surface area contributed by atoms with Gasteiger partial charge in [-0.2, -0.15) is 0 Å². The molecule has 1 N–H and O–H groups in total. The van der Waals surface area contributed by atoms with E-state index in [1.807, 2.05) is 0 Å². The Morgan fingerprint density at radius 3 is 2.52 bits per heavy atom. The van der Waals surface area contributed by atoms with Crippen LogP contribution in [0.4, 0.5) is 15.8 Å². The van der Waals surface area contributed by atoms with Gasteiger partial charge in [0.1, 0.15) is 5.82 Å². The Labute approximate surface area is 128 Å². The van der Waals surface area contributed by atoms with Crippen molar-refractivity contribution in [3.05, 3.63) is 68.4 Å². The molecule has 0 aliphatic heterocycles. The Morgan fingerprint density at radius 2 is 1.90 bits per heavy atom. The quantitative estimate of drug-likeness (QED) is 0.673. The molecule has 0 atom stereocenters. The summed E-state index contributed by atoms with van der Waals surface area (Å²) in [5.41, 5.74) is 0.930. The number of carbonyl (C=O) groups is 1. The van der Waals surface area contributed by atoms with Crippen molar-refractivity contribution in [1.29, 1.82) is 0 Å². The average Bonchev–Trinajstić information content (AvgIpc) is 2.43. The number of anilines is 1. The van der Waals surface area contributed by atoms with Crippen molar-refractivity contribution in [2.75, 3.05) is 5.32 Å². The largest absolute Gasteiger partial charge is 0.325 e. The molecule has 0 spiro atoms. The standard InChI is InChI=1S/C14H10BrFN2O3/c15-12-6-3-10(16)8-13(12)17-14(19)7-9-1-4-11(5-2-9)18(20)21/h1-6,8H,7H2,(H,17,19). The molecule has 21 heavy (non-hydrogen) atoms. The molecule has 1 amide bonds. The fraction of sp³-hybridized carbons (Fsp3) is 0.0714. The van der Waals surface area contributed by atoms with Crippen LogP contribution in [0.1, 0.15) is 5.56 Å². The van der Waals surface area contributed by atoms with Gasteiger partial charge in [-0.3, -0.25) is 14.9 Å². The number of nitro groups is 1. The molecule has 0 bridgehead atoms. The summed E-state index contributed by atoms with van der Waals surface area (Å²) in [6.07, 6.45) is 0.0426. The molecule has 0 aliphatic carbocycles. The molecule has 0 radical (unpaired) electrons. The van der Waals surface area contributed by atoms with E-state index in [4.69, 9.17) is 0 Å². The van der Waals surface area contributed by atoms with Crippen LogP contribution in [0.2, 0.25) is 0 Å². The van der Waals surface area contributed by atoms with Gasteiger partial charge in [0.05, 0.1) is 17.0 Å². The first-order valence-corrected chi connectivity index (χ1v) is 6.73. The second-order valence-electron chi connectivity index (χ2n) is 4.27. The number of halogens is 2. The molecule has 5 nitrogen and oxygen atoms in total. The Balaban J connectivity index is 2.04. The number of carbonyl (C=O) groups excluding carboxylic acids is 1. The highest BCUT2D eigenvalue weighted by molar-refractivity contribution is 9.10. The second kappa shape index (κ2) is 6.45. The molecule has 0 heterocycles. The number of nitrogens with zero attached hydrogens (tertiary/aromatic N) is 1. The van der Waals surface area contributed by atoms with E-state index < -0.39 is 10.7 Å². The van der Waals surface area contributed by atoms with Gasteiger partial charge in [0.25, 0.3) is 5.69 Å². The van der Waals surface area contributed by atoms with Crippen LogP contribution in [-0.4, -0.2) is 10.8 Å². The number of benzene rings is 2. The Bertz CT molecular complexity index is 689. The van der Waals surface area contributed by atoms with E-state index in [-0.39, 0.29) is 18.0 Å². The average molecular weight is 353 g/mol. The maximum absolute atomic E-state index is 13.1. The van der Waals surface area contributed by atoms with Crippen molar-refractivity contribution in [2.24, 2.45) is 0 Å². The van der Waals surface area contributed by atoms with E-state index in [9.17, 15) is 19.3 Å². The highest BCUT2D eigenvalue weighted by Gasteiger charge is 2.09. The van der Waals surface area contributed by atoms with Gasteiger partial charge >= 0.3 is 0 Å². The molecular formula is C14H10BrFN2O3. The third-order valence-electron chi connectivity index (χ3n) is 2.71. The molecule has 0 fully saturated rings. The normalized spacial score (nSPS) is 10.2. The SMILES string of the molecule is O=C(Cc1ccc([N+](=O)[O-])cc1)Nc1cc(F)ccc1Br. The number of nitro benzene ring substituents is 1. The molecule has 0 unspecified atom stereocenters. The van der Waals surface area contributed by atoms with Crippen LogP contribution in [0.15, 0.2) is 46.9 Å². The van der Waals surface area contributed by atoms with Crippen molar-refractivity contribution in [3.63, 3.8) is 0 Å². The molecule has 0 saturated carbocycles. The first-order chi connectivity index (χ1) is 9.95. The van der Waals surface area contributed by atoms with Gasteiger partial charge in [0.2, 0.25) is 5.91 Å². The predicted octanol–water partition coefficient (Wildman–Crippen LogP) is 3.68. The minimum Gasteiger partial charge on any atom is -0.325 e. The van der Waals surface area contributed by atoms with Crippen LogP contribution in [0, 0.1) is 15.9 Å². The number of hydrogen-bond acceptors (Lipinski definition) is 3. The molecule has 2 aromatic carbocycles. The van der Waals surface area contributed by atoms with Crippen LogP contribution in [0.3, 0.4) is 0 Å². The lowest BCUT2D eigenvalue weighted by Crippen LogP contribution is -2.14. The van der Waals surface area contributed by atoms with Gasteiger partial charge in [-0.25, -0.2) is 4.39 Å². The van der Waals surface area contributed by atoms with Crippen LogP contribution in [0.25, 0.3) is 0 Å². The second-order valence-corrected chi connectivity index (χ2v) is 5.13. The highest BCUT2D eigenvalue weighted by atomic mass is 79.9. The van der Waals surface area contributed by atoms with E-state index in [2.05, 4.69) is 21.2 Å². The first-order valence-electron chi connectivity index (χ1n) is 5.94. The lowest BCUT2D eigenvalue weighted by Gasteiger charge is -2.07. The third-order valence-corrected chi connectivity index (χ3v) is 3.41. The van der Waals surface area contributed by atoms with Crippen LogP contribution in [-0.2, 0) is 11.2 Å². The third kappa shape index (κ3) is 4.09. The lowest BCUT2D eigenvalue weighted by molar-refractivity contribution is -0.384. The molecule has 108 valence electrons. The van der Waals surface area contributed by atoms with E-state index in [1.54, 1.807) is 0 Å². The molecule has 2 rings (SSSR count). The summed E-state index contributed by atoms with van der Waals surface area (Å²) in [5, 5.41) is 13.1. The first kappa shape index (κ1) is 15.1. The van der Waals surface area contributed by atoms with E-state index in [0.29, 0.717) is 15.7 Å². The van der Waals surface area contributed by atoms with Crippen molar-refractivity contribution in [1.82, 2.24) is 0 Å². The van der Waals surface area contributed by atoms with Crippen molar-refractivity contribution < 1.29 is 14.1 Å². The fourth-order valence-corrected chi connectivity index (χ4v) is 2.05. The Kier molecular flexibility index (Phi) is 4.64. The zero-order valence-electron chi connectivity index (χ0n) is 10.7. The maximum atomic E-state index is 13.1. The number of hydrogen-bond donors (Lipinski definition) is 1. The number of non-ortho nitro benzene ring substituents is 1. The molecule has 7 heteroatoms. The maximum Gasteiger partial charge on any atom is 0.269 e. The molecule has 0 saturated heterocycles. The minimum atomic E-state index is -0.506. The summed E-state index contributed by atoms with van der Waals surface area (Å²) >= 11 is 3.21. The highest BCUT2D eigenvalue weighted by Crippen LogP contribution is 2.23. The summed E-state index contributed by atoms with van der Waals surface area (Å²) < 4.78 is 13.7. The Morgan fingerprint density at radius 1 is 1.24 bits per heavy atom. The number of nitrogens with one attached hydrogen (secondary N) is 1. The van der Waals surface area contributed by atoms with E-state index in [1.165, 1.54) is 42.5 Å². The van der Waals surface area contributed by atoms with Crippen molar-refractivity contribution in [3.8, 4) is 0 Å². The van der Waals surface area contributed by atoms with Gasteiger partial charge in [-0.1, -0.05) is 12.1 Å². The van der Waals surface area contributed by atoms with Crippen LogP contribution in [0.5, 0.6) is 0 Å². The molecule has 2 aromatic rings. The van der Waals surface area contributed by atoms with Crippen LogP contribution < -0.4 is 5.32 Å². The van der Waals surface area contributed by atoms with E-state index in [0.717, 1.165) is 0 Å². The topological polar surface area (TPSA) is 72.2 Å². The summed E-state index contributed by atoms with van der Waals surface area (Å²) in [7, 11) is 0. The predicted molar refractivity (Wildman–Crippen MR) is 79.5 cm³/mol. The number of rotatable bonds is 4. The van der Waals surface area contributed by atoms with Crippen molar-refractivity contribution in [2.45, 2.75) is 6.42 Å². The molecule has 0 aromatic heterocycles. The summed E-state index contributed by atoms with van der Waals surface area (Å²) in [4.78, 5) is 21.9. The molecule has 0 aliphatic rings. The summed E-state index contributed by atoms with van der Waals surface area (Å²) in [6, 6.07) is 9.67. The van der Waals surface area contributed by atoms with Gasteiger partial charge in [0.15, 0.2) is 0 Å².